The van der Waals surface area contributed by atoms with Gasteiger partial charge < -0.3 is 0 Å². The van der Waals surface area contributed by atoms with E-state index in [4.69, 9.17) is 11.6 Å². The topological polar surface area (TPSA) is 50.3 Å². The van der Waals surface area contributed by atoms with Crippen LogP contribution in [0.25, 0.3) is 0 Å². The highest BCUT2D eigenvalue weighted by atomic mass is 35.5. The summed E-state index contributed by atoms with van der Waals surface area (Å²) >= 11 is 5.88. The lowest BCUT2D eigenvalue weighted by atomic mass is 9.89. The molecule has 0 radical (unpaired) electrons. The van der Waals surface area contributed by atoms with Gasteiger partial charge in [0, 0.05) is 19.8 Å². The molecule has 0 N–H and O–H groups in total. The van der Waals surface area contributed by atoms with E-state index in [2.05, 4.69) is 4.98 Å². The van der Waals surface area contributed by atoms with Gasteiger partial charge in [0.15, 0.2) is 0 Å². The molecule has 0 spiro atoms. The van der Waals surface area contributed by atoms with E-state index in [1.807, 2.05) is 0 Å². The Bertz CT molecular complexity index is 527. The smallest absolute Gasteiger partial charge is 0.243 e. The summed E-state index contributed by atoms with van der Waals surface area (Å²) < 4.78 is 26.3. The molecule has 19 heavy (non-hydrogen) atoms. The standard InChI is InChI=1S/C13H19ClN2O2S/c1-16(10-11-6-3-2-4-7-11)19(17,18)12-8-5-9-15-13(12)14/h5,8-9,11H,2-4,6-7,10H2,1H3. The summed E-state index contributed by atoms with van der Waals surface area (Å²) in [6.45, 7) is 0.563. The van der Waals surface area contributed by atoms with Crippen LogP contribution in [0, 0.1) is 5.92 Å². The van der Waals surface area contributed by atoms with Gasteiger partial charge in [0.2, 0.25) is 10.0 Å². The van der Waals surface area contributed by atoms with E-state index in [0.717, 1.165) is 12.8 Å². The molecule has 6 heteroatoms. The molecule has 0 aromatic carbocycles. The highest BCUT2D eigenvalue weighted by Crippen LogP contribution is 2.27. The molecule has 1 fully saturated rings. The molecule has 0 unspecified atom stereocenters. The van der Waals surface area contributed by atoms with Crippen LogP contribution in [-0.2, 0) is 10.0 Å². The first-order valence-electron chi connectivity index (χ1n) is 6.58. The predicted molar refractivity (Wildman–Crippen MR) is 75.6 cm³/mol. The number of sulfonamides is 1. The molecule has 0 aliphatic heterocycles. The fourth-order valence-corrected chi connectivity index (χ4v) is 4.23. The van der Waals surface area contributed by atoms with E-state index >= 15 is 0 Å². The lowest BCUT2D eigenvalue weighted by Gasteiger charge is -2.26. The van der Waals surface area contributed by atoms with Gasteiger partial charge in [-0.3, -0.25) is 0 Å². The SMILES string of the molecule is CN(CC1CCCCC1)S(=O)(=O)c1cccnc1Cl. The maximum Gasteiger partial charge on any atom is 0.245 e. The van der Waals surface area contributed by atoms with Crippen molar-refractivity contribution in [1.82, 2.24) is 9.29 Å². The summed E-state index contributed by atoms with van der Waals surface area (Å²) in [7, 11) is -1.91. The maximum atomic E-state index is 12.4. The van der Waals surface area contributed by atoms with Crippen molar-refractivity contribution >= 4 is 21.6 Å². The van der Waals surface area contributed by atoms with Crippen LogP contribution in [0.3, 0.4) is 0 Å². The second kappa shape index (κ2) is 6.20. The Hall–Kier alpha value is -0.650. The van der Waals surface area contributed by atoms with Crippen LogP contribution in [0.15, 0.2) is 23.2 Å². The van der Waals surface area contributed by atoms with Crippen molar-refractivity contribution < 1.29 is 8.42 Å². The van der Waals surface area contributed by atoms with Gasteiger partial charge in [-0.15, -0.1) is 0 Å². The number of hydrogen-bond acceptors (Lipinski definition) is 3. The maximum absolute atomic E-state index is 12.4. The van der Waals surface area contributed by atoms with Gasteiger partial charge in [-0.25, -0.2) is 17.7 Å². The summed E-state index contributed by atoms with van der Waals surface area (Å²) in [6, 6.07) is 3.09. The van der Waals surface area contributed by atoms with Gasteiger partial charge in [0.25, 0.3) is 0 Å². The predicted octanol–water partition coefficient (Wildman–Crippen LogP) is 2.94. The molecule has 1 aromatic rings. The van der Waals surface area contributed by atoms with Crippen LogP contribution < -0.4 is 0 Å². The number of hydrogen-bond donors (Lipinski definition) is 0. The first kappa shape index (κ1) is 14.8. The minimum atomic E-state index is -3.53. The Balaban J connectivity index is 2.13. The lowest BCUT2D eigenvalue weighted by molar-refractivity contribution is 0.300. The molecule has 1 aliphatic carbocycles. The van der Waals surface area contributed by atoms with Crippen LogP contribution >= 0.6 is 11.6 Å². The van der Waals surface area contributed by atoms with E-state index < -0.39 is 10.0 Å². The van der Waals surface area contributed by atoms with Crippen LogP contribution in [0.4, 0.5) is 0 Å². The van der Waals surface area contributed by atoms with Crippen molar-refractivity contribution in [2.24, 2.45) is 5.92 Å². The fourth-order valence-electron chi connectivity index (χ4n) is 2.56. The van der Waals surface area contributed by atoms with Crippen LogP contribution in [-0.4, -0.2) is 31.3 Å². The summed E-state index contributed by atoms with van der Waals surface area (Å²) in [5, 5.41) is 0.0398. The minimum Gasteiger partial charge on any atom is -0.243 e. The molecular weight excluding hydrogens is 284 g/mol. The number of pyridine rings is 1. The van der Waals surface area contributed by atoms with Crippen LogP contribution in [0.2, 0.25) is 5.15 Å². The zero-order valence-corrected chi connectivity index (χ0v) is 12.6. The van der Waals surface area contributed by atoms with Crippen molar-refractivity contribution in [3.8, 4) is 0 Å². The molecular formula is C13H19ClN2O2S. The van der Waals surface area contributed by atoms with Gasteiger partial charge in [0.1, 0.15) is 10.0 Å². The minimum absolute atomic E-state index is 0.0398. The number of aromatic nitrogens is 1. The summed E-state index contributed by atoms with van der Waals surface area (Å²) in [5.41, 5.74) is 0. The number of halogens is 1. The summed E-state index contributed by atoms with van der Waals surface area (Å²) in [4.78, 5) is 3.93. The zero-order valence-electron chi connectivity index (χ0n) is 11.0. The van der Waals surface area contributed by atoms with Gasteiger partial charge in [-0.1, -0.05) is 30.9 Å². The van der Waals surface area contributed by atoms with Crippen molar-refractivity contribution in [2.75, 3.05) is 13.6 Å². The van der Waals surface area contributed by atoms with E-state index in [1.54, 1.807) is 13.1 Å². The zero-order chi connectivity index (χ0) is 13.9. The Morgan fingerprint density at radius 3 is 2.68 bits per heavy atom. The van der Waals surface area contributed by atoms with E-state index in [9.17, 15) is 8.42 Å². The van der Waals surface area contributed by atoms with Crippen molar-refractivity contribution in [3.63, 3.8) is 0 Å². The molecule has 1 heterocycles. The third kappa shape index (κ3) is 3.46. The third-order valence-corrected chi connectivity index (χ3v) is 5.92. The molecule has 0 atom stereocenters. The molecule has 0 saturated heterocycles. The molecule has 1 saturated carbocycles. The largest absolute Gasteiger partial charge is 0.245 e. The molecule has 0 amide bonds. The summed E-state index contributed by atoms with van der Waals surface area (Å²) in [6.07, 6.45) is 7.38. The second-order valence-electron chi connectivity index (χ2n) is 5.08. The molecule has 0 bridgehead atoms. The highest BCUT2D eigenvalue weighted by Gasteiger charge is 2.26. The van der Waals surface area contributed by atoms with Gasteiger partial charge in [0.05, 0.1) is 0 Å². The summed E-state index contributed by atoms with van der Waals surface area (Å²) in [5.74, 6) is 0.462. The number of rotatable bonds is 4. The van der Waals surface area contributed by atoms with Crippen LogP contribution in [0.1, 0.15) is 32.1 Å². The monoisotopic (exact) mass is 302 g/mol. The average molecular weight is 303 g/mol. The van der Waals surface area contributed by atoms with Crippen molar-refractivity contribution in [3.05, 3.63) is 23.5 Å². The first-order valence-corrected chi connectivity index (χ1v) is 8.40. The highest BCUT2D eigenvalue weighted by molar-refractivity contribution is 7.89. The van der Waals surface area contributed by atoms with E-state index in [1.165, 1.54) is 35.8 Å². The Morgan fingerprint density at radius 2 is 2.05 bits per heavy atom. The van der Waals surface area contributed by atoms with E-state index in [-0.39, 0.29) is 10.0 Å². The Morgan fingerprint density at radius 1 is 1.37 bits per heavy atom. The molecule has 1 aliphatic rings. The van der Waals surface area contributed by atoms with Crippen molar-refractivity contribution in [2.45, 2.75) is 37.0 Å². The molecule has 1 aromatic heterocycles. The number of nitrogens with zero attached hydrogens (tertiary/aromatic N) is 2. The van der Waals surface area contributed by atoms with Crippen LogP contribution in [0.5, 0.6) is 0 Å². The second-order valence-corrected chi connectivity index (χ2v) is 7.45. The third-order valence-electron chi connectivity index (χ3n) is 3.65. The van der Waals surface area contributed by atoms with Crippen molar-refractivity contribution in [1.29, 1.82) is 0 Å². The molecule has 4 nitrogen and oxygen atoms in total. The lowest BCUT2D eigenvalue weighted by Crippen LogP contribution is -2.33. The van der Waals surface area contributed by atoms with Gasteiger partial charge in [-0.05, 0) is 30.9 Å². The normalized spacial score (nSPS) is 17.8. The van der Waals surface area contributed by atoms with E-state index in [0.29, 0.717) is 12.5 Å². The quantitative estimate of drug-likeness (QED) is 0.804. The molecule has 106 valence electrons. The molecule has 2 rings (SSSR count). The first-order chi connectivity index (χ1) is 9.01. The fraction of sp³-hybridized carbons (Fsp3) is 0.615. The van der Waals surface area contributed by atoms with Gasteiger partial charge in [-0.2, -0.15) is 0 Å². The Labute approximate surface area is 119 Å². The average Bonchev–Trinajstić information content (AvgIpc) is 2.40. The van der Waals surface area contributed by atoms with Gasteiger partial charge >= 0.3 is 0 Å². The Kier molecular flexibility index (Phi) is 4.81.